The Labute approximate surface area is 195 Å². The summed E-state index contributed by atoms with van der Waals surface area (Å²) in [6, 6.07) is -1.03. The Kier molecular flexibility index (Phi) is 6.65. The third kappa shape index (κ3) is 4.09. The summed E-state index contributed by atoms with van der Waals surface area (Å²) in [5.41, 5.74) is 2.57. The van der Waals surface area contributed by atoms with Gasteiger partial charge in [0.1, 0.15) is 6.04 Å². The maximum absolute atomic E-state index is 11.9. The molecular formula is C24H36N2O5S. The van der Waals surface area contributed by atoms with Crippen LogP contribution in [0.4, 0.5) is 0 Å². The molecule has 0 unspecified atom stereocenters. The van der Waals surface area contributed by atoms with E-state index in [1.165, 1.54) is 18.4 Å². The maximum Gasteiger partial charge on any atom is 0.327 e. The van der Waals surface area contributed by atoms with Gasteiger partial charge in [0, 0.05) is 5.75 Å². The third-order valence-electron chi connectivity index (χ3n) is 9.12. The molecule has 32 heavy (non-hydrogen) atoms. The zero-order valence-electron chi connectivity index (χ0n) is 19.0. The first-order valence-corrected chi connectivity index (χ1v) is 12.5. The molecule has 0 aromatic rings. The summed E-state index contributed by atoms with van der Waals surface area (Å²) in [6.07, 6.45) is 10.5. The van der Waals surface area contributed by atoms with Crippen LogP contribution in [0.15, 0.2) is 16.8 Å². The van der Waals surface area contributed by atoms with Gasteiger partial charge in [-0.1, -0.05) is 24.6 Å². The summed E-state index contributed by atoms with van der Waals surface area (Å²) < 4.78 is 0. The minimum atomic E-state index is -1.12. The highest BCUT2D eigenvalue weighted by Crippen LogP contribution is 2.65. The largest absolute Gasteiger partial charge is 0.480 e. The van der Waals surface area contributed by atoms with Crippen LogP contribution in [0.25, 0.3) is 0 Å². The Hall–Kier alpha value is -1.54. The second-order valence-corrected chi connectivity index (χ2v) is 11.0. The quantitative estimate of drug-likeness (QED) is 0.357. The van der Waals surface area contributed by atoms with Crippen molar-refractivity contribution in [3.05, 3.63) is 11.6 Å². The van der Waals surface area contributed by atoms with Crippen LogP contribution in [0, 0.1) is 28.6 Å². The predicted molar refractivity (Wildman–Crippen MR) is 125 cm³/mol. The van der Waals surface area contributed by atoms with Crippen molar-refractivity contribution in [1.82, 2.24) is 5.32 Å². The van der Waals surface area contributed by atoms with Crippen LogP contribution in [-0.4, -0.2) is 52.3 Å². The van der Waals surface area contributed by atoms with Crippen molar-refractivity contribution in [1.29, 1.82) is 0 Å². The first-order chi connectivity index (χ1) is 15.2. The Bertz CT molecular complexity index is 829. The van der Waals surface area contributed by atoms with Crippen molar-refractivity contribution in [2.75, 3.05) is 12.4 Å². The molecule has 1 amide bonds. The van der Waals surface area contributed by atoms with Crippen molar-refractivity contribution < 1.29 is 24.6 Å². The molecule has 7 atom stereocenters. The van der Waals surface area contributed by atoms with E-state index in [0.29, 0.717) is 17.8 Å². The number of fused-ring (bicyclic) bond motifs is 5. The molecule has 0 spiro atoms. The van der Waals surface area contributed by atoms with Gasteiger partial charge in [0.05, 0.1) is 11.8 Å². The topological polar surface area (TPSA) is 108 Å². The van der Waals surface area contributed by atoms with E-state index in [2.05, 4.69) is 43.0 Å². The monoisotopic (exact) mass is 464 g/mol. The number of oxime groups is 1. The highest BCUT2D eigenvalue weighted by Gasteiger charge is 2.58. The van der Waals surface area contributed by atoms with Gasteiger partial charge in [-0.2, -0.15) is 12.6 Å². The summed E-state index contributed by atoms with van der Waals surface area (Å²) in [5.74, 6) is 0.365. The van der Waals surface area contributed by atoms with Crippen LogP contribution < -0.4 is 5.32 Å². The number of nitrogens with one attached hydrogen (secondary N) is 1. The van der Waals surface area contributed by atoms with Gasteiger partial charge in [0.2, 0.25) is 0 Å². The maximum atomic E-state index is 11.9. The highest BCUT2D eigenvalue weighted by atomic mass is 32.1. The number of aliphatic hydroxyl groups is 1. The molecule has 3 fully saturated rings. The van der Waals surface area contributed by atoms with Gasteiger partial charge < -0.3 is 20.4 Å². The molecule has 0 aromatic heterocycles. The number of carboxylic acid groups (broad SMARTS) is 1. The number of amides is 1. The van der Waals surface area contributed by atoms with E-state index in [9.17, 15) is 14.7 Å². The number of carboxylic acids is 1. The number of hydrogen-bond acceptors (Lipinski definition) is 6. The lowest BCUT2D eigenvalue weighted by Crippen LogP contribution is -2.51. The summed E-state index contributed by atoms with van der Waals surface area (Å²) in [5, 5.41) is 26.2. The van der Waals surface area contributed by atoms with Crippen LogP contribution in [0.1, 0.15) is 65.2 Å². The van der Waals surface area contributed by atoms with E-state index in [4.69, 9.17) is 9.94 Å². The lowest BCUT2D eigenvalue weighted by atomic mass is 9.47. The summed E-state index contributed by atoms with van der Waals surface area (Å²) in [6.45, 7) is 4.42. The summed E-state index contributed by atoms with van der Waals surface area (Å²) >= 11 is 3.93. The number of thiol groups is 1. The van der Waals surface area contributed by atoms with Crippen LogP contribution in [0.2, 0.25) is 0 Å². The molecule has 0 aliphatic heterocycles. The molecule has 3 saturated carbocycles. The number of rotatable bonds is 6. The zero-order valence-corrected chi connectivity index (χ0v) is 19.9. The predicted octanol–water partition coefficient (Wildman–Crippen LogP) is 3.18. The van der Waals surface area contributed by atoms with Crippen LogP contribution in [0.3, 0.4) is 0 Å². The third-order valence-corrected chi connectivity index (χ3v) is 9.49. The average Bonchev–Trinajstić information content (AvgIpc) is 3.06. The average molecular weight is 465 g/mol. The fourth-order valence-electron chi connectivity index (χ4n) is 7.21. The van der Waals surface area contributed by atoms with Crippen molar-refractivity contribution in [2.45, 2.75) is 77.4 Å². The van der Waals surface area contributed by atoms with E-state index < -0.39 is 17.9 Å². The van der Waals surface area contributed by atoms with E-state index in [1.807, 2.05) is 0 Å². The number of carbonyl (C=O) groups excluding carboxylic acids is 1. The Morgan fingerprint density at radius 1 is 1.22 bits per heavy atom. The first-order valence-electron chi connectivity index (χ1n) is 11.9. The second-order valence-electron chi connectivity index (χ2n) is 10.6. The summed E-state index contributed by atoms with van der Waals surface area (Å²) in [7, 11) is 0. The van der Waals surface area contributed by atoms with Crippen molar-refractivity contribution >= 4 is 30.2 Å². The van der Waals surface area contributed by atoms with Crippen LogP contribution >= 0.6 is 12.6 Å². The first kappa shape index (κ1) is 23.6. The number of hydrogen-bond donors (Lipinski definition) is 4. The normalized spacial score (nSPS) is 40.5. The van der Waals surface area contributed by atoms with Crippen molar-refractivity contribution in [3.63, 3.8) is 0 Å². The number of aliphatic hydroxyl groups excluding tert-OH is 1. The minimum absolute atomic E-state index is 0.0153. The molecule has 4 aliphatic rings. The molecule has 0 heterocycles. The van der Waals surface area contributed by atoms with Crippen molar-refractivity contribution in [3.8, 4) is 0 Å². The minimum Gasteiger partial charge on any atom is -0.480 e. The van der Waals surface area contributed by atoms with Gasteiger partial charge in [0.15, 0.2) is 6.61 Å². The van der Waals surface area contributed by atoms with Crippen LogP contribution in [0.5, 0.6) is 0 Å². The molecule has 0 radical (unpaired) electrons. The Balaban J connectivity index is 1.39. The summed E-state index contributed by atoms with van der Waals surface area (Å²) in [4.78, 5) is 28.1. The molecule has 7 nitrogen and oxygen atoms in total. The molecule has 0 saturated heterocycles. The lowest BCUT2D eigenvalue weighted by molar-refractivity contribution is -0.141. The molecule has 8 heteroatoms. The van der Waals surface area contributed by atoms with Gasteiger partial charge in [-0.15, -0.1) is 0 Å². The van der Waals surface area contributed by atoms with E-state index >= 15 is 0 Å². The number of aliphatic carboxylic acids is 1. The van der Waals surface area contributed by atoms with E-state index in [-0.39, 0.29) is 29.3 Å². The van der Waals surface area contributed by atoms with Crippen molar-refractivity contribution in [2.24, 2.45) is 33.7 Å². The number of allylic oxidation sites excluding steroid dienone is 2. The Morgan fingerprint density at radius 3 is 2.72 bits per heavy atom. The van der Waals surface area contributed by atoms with E-state index in [0.717, 1.165) is 44.2 Å². The van der Waals surface area contributed by atoms with Gasteiger partial charge in [-0.25, -0.2) is 4.79 Å². The molecular weight excluding hydrogens is 428 g/mol. The lowest BCUT2D eigenvalue weighted by Gasteiger charge is -2.57. The molecule has 3 N–H and O–H groups in total. The molecule has 4 aliphatic carbocycles. The molecule has 0 aromatic carbocycles. The van der Waals surface area contributed by atoms with Gasteiger partial charge in [-0.3, -0.25) is 4.79 Å². The zero-order chi connectivity index (χ0) is 23.1. The highest BCUT2D eigenvalue weighted by molar-refractivity contribution is 7.80. The SMILES string of the molecule is C[C@]12CC[C@@H]3[C@H](CCC4=CC(=NOCC(=O)N[C@H](CS)C(=O)O)CC[C@@]43C)[C@H]1CC[C@H]2O. The Morgan fingerprint density at radius 2 is 2.00 bits per heavy atom. The fraction of sp³-hybridized carbons (Fsp3) is 0.792. The van der Waals surface area contributed by atoms with E-state index in [1.54, 1.807) is 0 Å². The van der Waals surface area contributed by atoms with Crippen LogP contribution in [-0.2, 0) is 14.4 Å². The molecule has 0 bridgehead atoms. The second kappa shape index (κ2) is 9.01. The molecule has 178 valence electrons. The smallest absolute Gasteiger partial charge is 0.327 e. The number of carbonyl (C=O) groups is 2. The molecule has 4 rings (SSSR count). The fourth-order valence-corrected chi connectivity index (χ4v) is 7.46. The van der Waals surface area contributed by atoms with Gasteiger partial charge in [0.25, 0.3) is 5.91 Å². The van der Waals surface area contributed by atoms with Gasteiger partial charge >= 0.3 is 5.97 Å². The number of nitrogens with zero attached hydrogens (tertiary/aromatic N) is 1. The standard InChI is InChI=1S/C24H36N2O5S/c1-23-9-7-15(26-31-12-21(28)25-19(13-32)22(29)30)11-14(23)3-4-16-17-5-6-20(27)24(17,2)10-8-18(16)23/h11,16-20,27,32H,3-10,12-13H2,1-2H3,(H,25,28)(H,29,30)/t16-,17-,18-,19-,20-,23+,24+/m1/s1. The van der Waals surface area contributed by atoms with Gasteiger partial charge in [-0.05, 0) is 86.0 Å².